The summed E-state index contributed by atoms with van der Waals surface area (Å²) in [6, 6.07) is 14.2. The number of carbonyl (C=O) groups excluding carboxylic acids is 1. The van der Waals surface area contributed by atoms with E-state index in [2.05, 4.69) is 15.5 Å². The average Bonchev–Trinajstić information content (AvgIpc) is 3.14. The monoisotopic (exact) mass is 427 g/mol. The Morgan fingerprint density at radius 1 is 1.23 bits per heavy atom. The molecule has 0 aliphatic carbocycles. The van der Waals surface area contributed by atoms with Crippen LogP contribution in [0.4, 0.5) is 11.4 Å². The van der Waals surface area contributed by atoms with Gasteiger partial charge in [0.05, 0.1) is 23.9 Å². The van der Waals surface area contributed by atoms with Crippen LogP contribution in [-0.2, 0) is 17.8 Å². The zero-order chi connectivity index (χ0) is 21.5. The van der Waals surface area contributed by atoms with Crippen molar-refractivity contribution in [3.8, 4) is 5.75 Å². The van der Waals surface area contributed by atoms with Gasteiger partial charge in [0, 0.05) is 13.0 Å². The number of benzene rings is 2. The smallest absolute Gasteiger partial charge is 0.296 e. The number of aromatic nitrogens is 3. The van der Waals surface area contributed by atoms with Gasteiger partial charge < -0.3 is 14.6 Å². The van der Waals surface area contributed by atoms with E-state index in [0.717, 1.165) is 11.4 Å². The lowest BCUT2D eigenvalue weighted by Crippen LogP contribution is -2.16. The maximum absolute atomic E-state index is 12.4. The lowest BCUT2D eigenvalue weighted by atomic mass is 10.1. The molecule has 0 aliphatic rings. The van der Waals surface area contributed by atoms with E-state index in [0.29, 0.717) is 23.9 Å². The highest BCUT2D eigenvalue weighted by atomic mass is 32.2. The maximum Gasteiger partial charge on any atom is 0.296 e. The molecule has 0 bridgehead atoms. The first-order chi connectivity index (χ1) is 14.5. The number of methoxy groups -OCH3 is 1. The number of thioether (sulfide) groups is 1. The fourth-order valence-electron chi connectivity index (χ4n) is 2.86. The summed E-state index contributed by atoms with van der Waals surface area (Å²) in [5.74, 6) is 0.837. The highest BCUT2D eigenvalue weighted by Gasteiger charge is 2.18. The summed E-state index contributed by atoms with van der Waals surface area (Å²) in [6.07, 6.45) is 0.645. The van der Waals surface area contributed by atoms with Crippen LogP contribution in [0.3, 0.4) is 0 Å². The zero-order valence-corrected chi connectivity index (χ0v) is 17.4. The Morgan fingerprint density at radius 2 is 2.00 bits per heavy atom. The van der Waals surface area contributed by atoms with Crippen molar-refractivity contribution >= 4 is 29.0 Å². The van der Waals surface area contributed by atoms with E-state index in [1.807, 2.05) is 41.8 Å². The Balaban J connectivity index is 1.66. The Kier molecular flexibility index (Phi) is 7.02. The molecule has 10 heteroatoms. The van der Waals surface area contributed by atoms with Gasteiger partial charge in [0.1, 0.15) is 17.3 Å². The summed E-state index contributed by atoms with van der Waals surface area (Å²) >= 11 is 1.24. The molecule has 1 N–H and O–H groups in total. The summed E-state index contributed by atoms with van der Waals surface area (Å²) < 4.78 is 6.96. The standard InChI is InChI=1S/C20H21N5O4S/c1-3-24-18(11-14-7-5-4-6-8-14)22-23-20(24)30-13-19(26)21-16-10-9-15(29-2)12-17(16)25(27)28/h4-10,12H,3,11,13H2,1-2H3,(H,21,26). The van der Waals surface area contributed by atoms with Crippen molar-refractivity contribution in [3.05, 3.63) is 70.0 Å². The maximum atomic E-state index is 12.4. The number of hydrogen-bond acceptors (Lipinski definition) is 7. The largest absolute Gasteiger partial charge is 0.496 e. The molecule has 0 saturated carbocycles. The molecular weight excluding hydrogens is 406 g/mol. The molecule has 1 heterocycles. The fourth-order valence-corrected chi connectivity index (χ4v) is 3.69. The number of nitrogens with one attached hydrogen (secondary N) is 1. The number of amides is 1. The van der Waals surface area contributed by atoms with Gasteiger partial charge in [0.15, 0.2) is 5.16 Å². The molecule has 0 unspecified atom stereocenters. The van der Waals surface area contributed by atoms with Crippen molar-refractivity contribution in [3.63, 3.8) is 0 Å². The normalized spacial score (nSPS) is 10.6. The van der Waals surface area contributed by atoms with Crippen LogP contribution in [0.15, 0.2) is 53.7 Å². The minimum absolute atomic E-state index is 0.0483. The van der Waals surface area contributed by atoms with Gasteiger partial charge in [-0.25, -0.2) is 0 Å². The number of hydrogen-bond donors (Lipinski definition) is 1. The molecule has 9 nitrogen and oxygen atoms in total. The summed E-state index contributed by atoms with van der Waals surface area (Å²) in [5.41, 5.74) is 1.02. The number of rotatable bonds is 9. The highest BCUT2D eigenvalue weighted by molar-refractivity contribution is 7.99. The summed E-state index contributed by atoms with van der Waals surface area (Å²) in [7, 11) is 1.42. The first-order valence-corrected chi connectivity index (χ1v) is 10.2. The third-order valence-electron chi connectivity index (χ3n) is 4.32. The second-order valence-electron chi connectivity index (χ2n) is 6.28. The van der Waals surface area contributed by atoms with Crippen molar-refractivity contribution in [2.75, 3.05) is 18.2 Å². The van der Waals surface area contributed by atoms with Gasteiger partial charge in [-0.2, -0.15) is 0 Å². The molecule has 0 fully saturated rings. The van der Waals surface area contributed by atoms with Crippen molar-refractivity contribution in [2.45, 2.75) is 25.0 Å². The molecule has 30 heavy (non-hydrogen) atoms. The number of nitro benzene ring substituents is 1. The molecule has 0 radical (unpaired) electrons. The van der Waals surface area contributed by atoms with Crippen LogP contribution in [-0.4, -0.2) is 38.5 Å². The quantitative estimate of drug-likeness (QED) is 0.316. The Morgan fingerprint density at radius 3 is 2.67 bits per heavy atom. The van der Waals surface area contributed by atoms with Gasteiger partial charge in [-0.3, -0.25) is 14.9 Å². The number of carbonyl (C=O) groups is 1. The highest BCUT2D eigenvalue weighted by Crippen LogP contribution is 2.29. The molecule has 156 valence electrons. The van der Waals surface area contributed by atoms with E-state index in [1.54, 1.807) is 6.07 Å². The molecule has 0 aliphatic heterocycles. The molecule has 0 spiro atoms. The van der Waals surface area contributed by atoms with Crippen molar-refractivity contribution in [1.29, 1.82) is 0 Å². The van der Waals surface area contributed by atoms with E-state index in [1.165, 1.54) is 31.0 Å². The summed E-state index contributed by atoms with van der Waals surface area (Å²) in [6.45, 7) is 2.66. The molecule has 1 aromatic heterocycles. The molecular formula is C20H21N5O4S. The number of nitro groups is 1. The number of anilines is 1. The molecule has 1 amide bonds. The van der Waals surface area contributed by atoms with E-state index >= 15 is 0 Å². The van der Waals surface area contributed by atoms with E-state index < -0.39 is 4.92 Å². The SMILES string of the molecule is CCn1c(Cc2ccccc2)nnc1SCC(=O)Nc1ccc(OC)cc1[N+](=O)[O-]. The van der Waals surface area contributed by atoms with Gasteiger partial charge in [0.25, 0.3) is 5.69 Å². The molecule has 3 rings (SSSR count). The first-order valence-electron chi connectivity index (χ1n) is 9.23. The number of nitrogens with zero attached hydrogens (tertiary/aromatic N) is 4. The molecule has 3 aromatic rings. The molecule has 0 saturated heterocycles. The van der Waals surface area contributed by atoms with Crippen LogP contribution in [0.1, 0.15) is 18.3 Å². The Bertz CT molecular complexity index is 1040. The van der Waals surface area contributed by atoms with Gasteiger partial charge in [-0.1, -0.05) is 42.1 Å². The van der Waals surface area contributed by atoms with Gasteiger partial charge in [-0.05, 0) is 24.6 Å². The lowest BCUT2D eigenvalue weighted by Gasteiger charge is -2.09. The molecule has 2 aromatic carbocycles. The van der Waals surface area contributed by atoms with Crippen LogP contribution < -0.4 is 10.1 Å². The van der Waals surface area contributed by atoms with E-state index in [4.69, 9.17) is 4.74 Å². The van der Waals surface area contributed by atoms with Crippen LogP contribution in [0, 0.1) is 10.1 Å². The number of ether oxygens (including phenoxy) is 1. The predicted molar refractivity (Wildman–Crippen MR) is 114 cm³/mol. The fraction of sp³-hybridized carbons (Fsp3) is 0.250. The summed E-state index contributed by atoms with van der Waals surface area (Å²) in [4.78, 5) is 23.1. The van der Waals surface area contributed by atoms with Crippen LogP contribution in [0.2, 0.25) is 0 Å². The Labute approximate surface area is 177 Å². The first kappa shape index (κ1) is 21.3. The van der Waals surface area contributed by atoms with Crippen LogP contribution in [0.25, 0.3) is 0 Å². The topological polar surface area (TPSA) is 112 Å². The Hall–Kier alpha value is -3.40. The minimum Gasteiger partial charge on any atom is -0.496 e. The van der Waals surface area contributed by atoms with E-state index in [-0.39, 0.29) is 23.0 Å². The minimum atomic E-state index is -0.561. The van der Waals surface area contributed by atoms with Gasteiger partial charge in [0.2, 0.25) is 5.91 Å². The summed E-state index contributed by atoms with van der Waals surface area (Å²) in [5, 5.41) is 22.9. The second-order valence-corrected chi connectivity index (χ2v) is 7.22. The van der Waals surface area contributed by atoms with Crippen LogP contribution in [0.5, 0.6) is 5.75 Å². The van der Waals surface area contributed by atoms with Gasteiger partial charge in [-0.15, -0.1) is 10.2 Å². The van der Waals surface area contributed by atoms with Gasteiger partial charge >= 0.3 is 0 Å². The van der Waals surface area contributed by atoms with Crippen molar-refractivity contribution in [2.24, 2.45) is 0 Å². The van der Waals surface area contributed by atoms with Crippen LogP contribution >= 0.6 is 11.8 Å². The lowest BCUT2D eigenvalue weighted by molar-refractivity contribution is -0.384. The zero-order valence-electron chi connectivity index (χ0n) is 16.6. The average molecular weight is 427 g/mol. The third-order valence-corrected chi connectivity index (χ3v) is 5.29. The predicted octanol–water partition coefficient (Wildman–Crippen LogP) is 3.54. The van der Waals surface area contributed by atoms with Crippen molar-refractivity contribution < 1.29 is 14.5 Å². The molecule has 0 atom stereocenters. The third kappa shape index (κ3) is 5.15. The van der Waals surface area contributed by atoms with E-state index in [9.17, 15) is 14.9 Å². The second kappa shape index (κ2) is 9.88. The van der Waals surface area contributed by atoms with Crippen molar-refractivity contribution in [1.82, 2.24) is 14.8 Å².